The molecule has 0 saturated heterocycles. The van der Waals surface area contributed by atoms with Gasteiger partial charge in [-0.25, -0.2) is 8.42 Å². The molecule has 2 aromatic rings. The van der Waals surface area contributed by atoms with Gasteiger partial charge in [-0.3, -0.25) is 4.79 Å². The van der Waals surface area contributed by atoms with Crippen LogP contribution in [0, 0.1) is 6.92 Å². The summed E-state index contributed by atoms with van der Waals surface area (Å²) >= 11 is 0. The van der Waals surface area contributed by atoms with Crippen molar-refractivity contribution in [3.63, 3.8) is 0 Å². The van der Waals surface area contributed by atoms with Crippen LogP contribution in [0.2, 0.25) is 0 Å². The van der Waals surface area contributed by atoms with Crippen molar-refractivity contribution in [3.8, 4) is 0 Å². The molecule has 0 radical (unpaired) electrons. The fraction of sp³-hybridized carbons (Fsp3) is 0.235. The van der Waals surface area contributed by atoms with E-state index in [1.807, 2.05) is 32.0 Å². The Hall–Kier alpha value is -2.14. The molecular weight excluding hydrogens is 298 g/mol. The van der Waals surface area contributed by atoms with Crippen LogP contribution in [0.4, 0.5) is 5.69 Å². The fourth-order valence-corrected chi connectivity index (χ4v) is 3.42. The highest BCUT2D eigenvalue weighted by molar-refractivity contribution is 7.92. The molecule has 0 saturated carbocycles. The van der Waals surface area contributed by atoms with Gasteiger partial charge in [0, 0.05) is 5.69 Å². The first kappa shape index (κ1) is 16.2. The van der Waals surface area contributed by atoms with E-state index in [9.17, 15) is 13.2 Å². The van der Waals surface area contributed by atoms with Gasteiger partial charge < -0.3 is 5.32 Å². The second kappa shape index (κ2) is 6.75. The zero-order valence-electron chi connectivity index (χ0n) is 12.7. The summed E-state index contributed by atoms with van der Waals surface area (Å²) in [6.45, 7) is 3.88. The van der Waals surface area contributed by atoms with E-state index in [0.717, 1.165) is 17.5 Å². The van der Waals surface area contributed by atoms with E-state index >= 15 is 0 Å². The Labute approximate surface area is 131 Å². The molecule has 0 aliphatic heterocycles. The molecule has 0 unspecified atom stereocenters. The van der Waals surface area contributed by atoms with Crippen LogP contribution in [0.1, 0.15) is 18.1 Å². The molecule has 0 aliphatic rings. The minimum atomic E-state index is -3.62. The van der Waals surface area contributed by atoms with Crippen molar-refractivity contribution >= 4 is 21.4 Å². The minimum absolute atomic E-state index is 0.158. The summed E-state index contributed by atoms with van der Waals surface area (Å²) in [4.78, 5) is 12.3. The van der Waals surface area contributed by atoms with E-state index in [2.05, 4.69) is 5.32 Å². The molecule has 1 N–H and O–H groups in total. The number of nitrogens with one attached hydrogen (secondary N) is 1. The van der Waals surface area contributed by atoms with Gasteiger partial charge in [0.2, 0.25) is 5.91 Å². The number of hydrogen-bond donors (Lipinski definition) is 1. The normalized spacial score (nSPS) is 11.2. The summed E-state index contributed by atoms with van der Waals surface area (Å²) in [6, 6.07) is 13.7. The van der Waals surface area contributed by atoms with Crippen molar-refractivity contribution < 1.29 is 13.2 Å². The molecule has 0 aliphatic carbocycles. The maximum absolute atomic E-state index is 12.2. The Kier molecular flexibility index (Phi) is 4.98. The number of aryl methyl sites for hydroxylation is 2. The monoisotopic (exact) mass is 317 g/mol. The first-order chi connectivity index (χ1) is 10.4. The van der Waals surface area contributed by atoms with Gasteiger partial charge in [0.15, 0.2) is 9.84 Å². The van der Waals surface area contributed by atoms with Crippen molar-refractivity contribution in [2.75, 3.05) is 11.1 Å². The van der Waals surface area contributed by atoms with Crippen LogP contribution < -0.4 is 5.32 Å². The topological polar surface area (TPSA) is 63.2 Å². The highest BCUT2D eigenvalue weighted by atomic mass is 32.2. The molecule has 2 aromatic carbocycles. The molecule has 0 heterocycles. The Morgan fingerprint density at radius 2 is 1.73 bits per heavy atom. The zero-order chi connectivity index (χ0) is 16.2. The highest BCUT2D eigenvalue weighted by Gasteiger charge is 2.20. The number of sulfone groups is 1. The maximum Gasteiger partial charge on any atom is 0.239 e. The number of amides is 1. The average Bonchev–Trinajstić information content (AvgIpc) is 2.49. The predicted octanol–water partition coefficient (Wildman–Crippen LogP) is 2.97. The van der Waals surface area contributed by atoms with Gasteiger partial charge in [0.05, 0.1) is 4.90 Å². The predicted molar refractivity (Wildman–Crippen MR) is 87.7 cm³/mol. The molecule has 1 amide bonds. The third-order valence-electron chi connectivity index (χ3n) is 3.43. The van der Waals surface area contributed by atoms with Crippen molar-refractivity contribution in [2.24, 2.45) is 0 Å². The Morgan fingerprint density at radius 1 is 1.05 bits per heavy atom. The van der Waals surface area contributed by atoms with E-state index in [-0.39, 0.29) is 4.90 Å². The second-order valence-electron chi connectivity index (χ2n) is 5.08. The smallest absolute Gasteiger partial charge is 0.239 e. The molecular formula is C17H19NO3S. The Balaban J connectivity index is 2.18. The summed E-state index contributed by atoms with van der Waals surface area (Å²) < 4.78 is 24.4. The van der Waals surface area contributed by atoms with Gasteiger partial charge in [-0.15, -0.1) is 0 Å². The molecule has 22 heavy (non-hydrogen) atoms. The van der Waals surface area contributed by atoms with Crippen LogP contribution >= 0.6 is 0 Å². The first-order valence-corrected chi connectivity index (χ1v) is 8.75. The van der Waals surface area contributed by atoms with Crippen molar-refractivity contribution in [2.45, 2.75) is 25.2 Å². The van der Waals surface area contributed by atoms with Crippen LogP contribution in [0.3, 0.4) is 0 Å². The summed E-state index contributed by atoms with van der Waals surface area (Å²) in [5.74, 6) is -1.08. The van der Waals surface area contributed by atoms with E-state index in [0.29, 0.717) is 5.69 Å². The number of para-hydroxylation sites is 1. The van der Waals surface area contributed by atoms with Gasteiger partial charge in [0.1, 0.15) is 5.75 Å². The van der Waals surface area contributed by atoms with E-state index < -0.39 is 21.5 Å². The lowest BCUT2D eigenvalue weighted by Gasteiger charge is -2.13. The lowest BCUT2D eigenvalue weighted by atomic mass is 10.1. The molecule has 0 fully saturated rings. The van der Waals surface area contributed by atoms with Crippen LogP contribution in [-0.4, -0.2) is 20.1 Å². The largest absolute Gasteiger partial charge is 0.325 e. The number of hydrogen-bond acceptors (Lipinski definition) is 3. The SMILES string of the molecule is CCc1cccc(C)c1NC(=O)CS(=O)(=O)c1ccccc1. The van der Waals surface area contributed by atoms with Gasteiger partial charge in [0.25, 0.3) is 0 Å². The summed E-state index contributed by atoms with van der Waals surface area (Å²) in [5.41, 5.74) is 2.62. The fourth-order valence-electron chi connectivity index (χ4n) is 2.26. The summed E-state index contributed by atoms with van der Waals surface area (Å²) in [7, 11) is -3.62. The first-order valence-electron chi connectivity index (χ1n) is 7.10. The lowest BCUT2D eigenvalue weighted by Crippen LogP contribution is -2.24. The van der Waals surface area contributed by atoms with Crippen LogP contribution in [-0.2, 0) is 21.1 Å². The lowest BCUT2D eigenvalue weighted by molar-refractivity contribution is -0.113. The third kappa shape index (κ3) is 3.74. The molecule has 0 atom stereocenters. The number of carbonyl (C=O) groups is 1. The van der Waals surface area contributed by atoms with Crippen molar-refractivity contribution in [3.05, 3.63) is 59.7 Å². The van der Waals surface area contributed by atoms with Crippen molar-refractivity contribution in [1.29, 1.82) is 0 Å². The summed E-state index contributed by atoms with van der Waals surface area (Å²) in [6.07, 6.45) is 0.767. The molecule has 4 nitrogen and oxygen atoms in total. The van der Waals surface area contributed by atoms with Crippen LogP contribution in [0.15, 0.2) is 53.4 Å². The number of benzene rings is 2. The second-order valence-corrected chi connectivity index (χ2v) is 7.07. The van der Waals surface area contributed by atoms with Crippen molar-refractivity contribution in [1.82, 2.24) is 0 Å². The van der Waals surface area contributed by atoms with E-state index in [1.54, 1.807) is 18.2 Å². The van der Waals surface area contributed by atoms with E-state index in [4.69, 9.17) is 0 Å². The zero-order valence-corrected chi connectivity index (χ0v) is 13.5. The van der Waals surface area contributed by atoms with Gasteiger partial charge in [-0.2, -0.15) is 0 Å². The molecule has 0 bridgehead atoms. The molecule has 2 rings (SSSR count). The summed E-state index contributed by atoms with van der Waals surface area (Å²) in [5, 5.41) is 2.74. The maximum atomic E-state index is 12.2. The molecule has 0 spiro atoms. The highest BCUT2D eigenvalue weighted by Crippen LogP contribution is 2.21. The van der Waals surface area contributed by atoms with Crippen LogP contribution in [0.25, 0.3) is 0 Å². The third-order valence-corrected chi connectivity index (χ3v) is 5.06. The molecule has 0 aromatic heterocycles. The Morgan fingerprint density at radius 3 is 2.36 bits per heavy atom. The number of rotatable bonds is 5. The van der Waals surface area contributed by atoms with Gasteiger partial charge in [-0.05, 0) is 36.6 Å². The minimum Gasteiger partial charge on any atom is -0.325 e. The average molecular weight is 317 g/mol. The van der Waals surface area contributed by atoms with Crippen LogP contribution in [0.5, 0.6) is 0 Å². The number of anilines is 1. The quantitative estimate of drug-likeness (QED) is 0.922. The molecule has 5 heteroatoms. The molecule has 116 valence electrons. The number of carbonyl (C=O) groups excluding carboxylic acids is 1. The Bertz CT molecular complexity index is 768. The van der Waals surface area contributed by atoms with E-state index in [1.165, 1.54) is 12.1 Å². The van der Waals surface area contributed by atoms with Gasteiger partial charge in [-0.1, -0.05) is 43.3 Å². The van der Waals surface area contributed by atoms with Gasteiger partial charge >= 0.3 is 0 Å². The standard InChI is InChI=1S/C17H19NO3S/c1-3-14-9-7-8-13(2)17(14)18-16(19)12-22(20,21)15-10-5-4-6-11-15/h4-11H,3,12H2,1-2H3,(H,18,19).